The number of benzene rings is 2. The lowest BCUT2D eigenvalue weighted by molar-refractivity contribution is 0.252. The molecule has 0 fully saturated rings. The average molecular weight is 476 g/mol. The predicted molar refractivity (Wildman–Crippen MR) is 121 cm³/mol. The molecule has 2 amide bonds. The van der Waals surface area contributed by atoms with E-state index in [1.807, 2.05) is 0 Å². The lowest BCUT2D eigenvalue weighted by Crippen LogP contribution is -2.31. The fourth-order valence-electron chi connectivity index (χ4n) is 3.06. The van der Waals surface area contributed by atoms with Crippen LogP contribution < -0.4 is 16.4 Å². The molecule has 0 radical (unpaired) electrons. The molecule has 3 rings (SSSR count). The highest BCUT2D eigenvalue weighted by atomic mass is 32.2. The SMILES string of the molecule is CCNC(=O)Nc1ccc(-c2nc(N)cc(C(C)(C)S(=O)(=O)c3cc(F)cc(F)c3)n2)cc1. The van der Waals surface area contributed by atoms with E-state index in [4.69, 9.17) is 5.73 Å². The number of urea groups is 1. The van der Waals surface area contributed by atoms with Gasteiger partial charge in [-0.3, -0.25) is 0 Å². The van der Waals surface area contributed by atoms with Crippen molar-refractivity contribution < 1.29 is 22.0 Å². The molecule has 11 heteroatoms. The summed E-state index contributed by atoms with van der Waals surface area (Å²) in [5.41, 5.74) is 7.03. The summed E-state index contributed by atoms with van der Waals surface area (Å²) < 4.78 is 52.1. The van der Waals surface area contributed by atoms with Crippen molar-refractivity contribution in [1.29, 1.82) is 0 Å². The van der Waals surface area contributed by atoms with Crippen LogP contribution in [0.2, 0.25) is 0 Å². The second-order valence-corrected chi connectivity index (χ2v) is 10.2. The quantitative estimate of drug-likeness (QED) is 0.497. The average Bonchev–Trinajstić information content (AvgIpc) is 2.73. The molecule has 0 atom stereocenters. The Morgan fingerprint density at radius 3 is 2.21 bits per heavy atom. The zero-order chi connectivity index (χ0) is 24.4. The number of nitrogens with two attached hydrogens (primary N) is 1. The van der Waals surface area contributed by atoms with Gasteiger partial charge in [0.05, 0.1) is 10.6 Å². The van der Waals surface area contributed by atoms with Gasteiger partial charge in [-0.05, 0) is 57.2 Å². The van der Waals surface area contributed by atoms with Crippen molar-refractivity contribution in [2.24, 2.45) is 0 Å². The van der Waals surface area contributed by atoms with Crippen LogP contribution in [0.3, 0.4) is 0 Å². The van der Waals surface area contributed by atoms with Crippen molar-refractivity contribution in [3.63, 3.8) is 0 Å². The molecule has 1 heterocycles. The van der Waals surface area contributed by atoms with Gasteiger partial charge in [-0.25, -0.2) is 32.0 Å². The second-order valence-electron chi connectivity index (χ2n) is 7.68. The molecule has 0 saturated carbocycles. The molecular formula is C22H23F2N5O3S. The lowest BCUT2D eigenvalue weighted by atomic mass is 10.1. The third-order valence-corrected chi connectivity index (χ3v) is 7.33. The molecular weight excluding hydrogens is 452 g/mol. The molecule has 33 heavy (non-hydrogen) atoms. The number of nitrogens with zero attached hydrogens (tertiary/aromatic N) is 2. The number of aromatic nitrogens is 2. The van der Waals surface area contributed by atoms with Gasteiger partial charge in [0.25, 0.3) is 0 Å². The monoisotopic (exact) mass is 475 g/mol. The molecule has 0 aliphatic heterocycles. The maximum absolute atomic E-state index is 13.7. The van der Waals surface area contributed by atoms with E-state index in [9.17, 15) is 22.0 Å². The highest BCUT2D eigenvalue weighted by Crippen LogP contribution is 2.36. The van der Waals surface area contributed by atoms with E-state index in [-0.39, 0.29) is 23.4 Å². The fourth-order valence-corrected chi connectivity index (χ4v) is 4.56. The minimum Gasteiger partial charge on any atom is -0.384 e. The topological polar surface area (TPSA) is 127 Å². The third-order valence-electron chi connectivity index (χ3n) is 4.92. The number of carbonyl (C=O) groups excluding carboxylic acids is 1. The summed E-state index contributed by atoms with van der Waals surface area (Å²) in [7, 11) is -4.26. The number of nitrogens with one attached hydrogen (secondary N) is 2. The maximum atomic E-state index is 13.7. The molecule has 174 valence electrons. The van der Waals surface area contributed by atoms with Gasteiger partial charge in [-0.1, -0.05) is 0 Å². The Hall–Kier alpha value is -3.60. The fraction of sp³-hybridized carbons (Fsp3) is 0.227. The molecule has 3 aromatic rings. The number of amides is 2. The van der Waals surface area contributed by atoms with E-state index in [0.717, 1.165) is 12.1 Å². The molecule has 8 nitrogen and oxygen atoms in total. The molecule has 1 aromatic heterocycles. The largest absolute Gasteiger partial charge is 0.384 e. The molecule has 0 bridgehead atoms. The Labute approximate surface area is 190 Å². The first kappa shape index (κ1) is 24.1. The summed E-state index contributed by atoms with van der Waals surface area (Å²) in [6.45, 7) is 5.01. The van der Waals surface area contributed by atoms with Crippen molar-refractivity contribution in [2.75, 3.05) is 17.6 Å². The van der Waals surface area contributed by atoms with Gasteiger partial charge in [-0.15, -0.1) is 0 Å². The standard InChI is InChI=1S/C22H23F2N5O3S/c1-4-26-21(30)27-16-7-5-13(6-8-16)20-28-18(12-19(25)29-20)22(2,3)33(31,32)17-10-14(23)9-15(24)11-17/h5-12H,4H2,1-3H3,(H2,25,28,29)(H2,26,27,30). The summed E-state index contributed by atoms with van der Waals surface area (Å²) in [5, 5.41) is 5.27. The van der Waals surface area contributed by atoms with E-state index >= 15 is 0 Å². The van der Waals surface area contributed by atoms with Gasteiger partial charge in [0.2, 0.25) is 0 Å². The van der Waals surface area contributed by atoms with Crippen molar-refractivity contribution in [3.8, 4) is 11.4 Å². The summed E-state index contributed by atoms with van der Waals surface area (Å²) in [4.78, 5) is 19.7. The number of hydrogen-bond donors (Lipinski definition) is 3. The Morgan fingerprint density at radius 1 is 1.03 bits per heavy atom. The highest BCUT2D eigenvalue weighted by molar-refractivity contribution is 7.92. The Morgan fingerprint density at radius 2 is 1.64 bits per heavy atom. The summed E-state index contributed by atoms with van der Waals surface area (Å²) in [5.74, 6) is -1.83. The van der Waals surface area contributed by atoms with Gasteiger partial charge in [0.1, 0.15) is 22.2 Å². The molecule has 0 aliphatic rings. The van der Waals surface area contributed by atoms with E-state index in [2.05, 4.69) is 20.6 Å². The Bertz CT molecular complexity index is 1280. The number of carbonyl (C=O) groups is 1. The van der Waals surface area contributed by atoms with Crippen LogP contribution in [-0.4, -0.2) is 31.0 Å². The van der Waals surface area contributed by atoms with Crippen LogP contribution in [0.1, 0.15) is 26.5 Å². The molecule has 0 unspecified atom stereocenters. The van der Waals surface area contributed by atoms with Crippen molar-refractivity contribution in [2.45, 2.75) is 30.4 Å². The summed E-state index contributed by atoms with van der Waals surface area (Å²) >= 11 is 0. The Balaban J connectivity index is 1.99. The van der Waals surface area contributed by atoms with E-state index in [0.29, 0.717) is 23.9 Å². The highest BCUT2D eigenvalue weighted by Gasteiger charge is 2.40. The molecule has 0 aliphatic carbocycles. The number of hydrogen-bond acceptors (Lipinski definition) is 6. The first-order chi connectivity index (χ1) is 15.4. The number of halogens is 2. The van der Waals surface area contributed by atoms with Gasteiger partial charge in [0.15, 0.2) is 15.7 Å². The van der Waals surface area contributed by atoms with E-state index in [1.165, 1.54) is 19.9 Å². The van der Waals surface area contributed by atoms with E-state index in [1.54, 1.807) is 31.2 Å². The third kappa shape index (κ3) is 5.08. The molecule has 4 N–H and O–H groups in total. The van der Waals surface area contributed by atoms with Gasteiger partial charge < -0.3 is 16.4 Å². The van der Waals surface area contributed by atoms with E-state index < -0.39 is 31.1 Å². The minimum atomic E-state index is -4.26. The minimum absolute atomic E-state index is 0.0215. The zero-order valence-electron chi connectivity index (χ0n) is 18.2. The zero-order valence-corrected chi connectivity index (χ0v) is 19.0. The predicted octanol–water partition coefficient (Wildman–Crippen LogP) is 3.85. The number of anilines is 2. The molecule has 2 aromatic carbocycles. The van der Waals surface area contributed by atoms with Crippen LogP contribution in [0, 0.1) is 11.6 Å². The molecule has 0 saturated heterocycles. The maximum Gasteiger partial charge on any atom is 0.319 e. The Kier molecular flexibility index (Phi) is 6.63. The smallest absolute Gasteiger partial charge is 0.319 e. The summed E-state index contributed by atoms with van der Waals surface area (Å²) in [6, 6.07) is 9.61. The normalized spacial score (nSPS) is 11.8. The molecule has 0 spiro atoms. The van der Waals surface area contributed by atoms with Crippen molar-refractivity contribution in [3.05, 3.63) is 65.9 Å². The summed E-state index contributed by atoms with van der Waals surface area (Å²) in [6.07, 6.45) is 0. The lowest BCUT2D eigenvalue weighted by Gasteiger charge is -2.25. The van der Waals surface area contributed by atoms with Gasteiger partial charge in [0, 0.05) is 29.9 Å². The van der Waals surface area contributed by atoms with Gasteiger partial charge in [-0.2, -0.15) is 0 Å². The van der Waals surface area contributed by atoms with Crippen LogP contribution in [0.15, 0.2) is 53.4 Å². The number of rotatable bonds is 6. The number of sulfone groups is 1. The van der Waals surface area contributed by atoms with Crippen LogP contribution in [0.4, 0.5) is 25.1 Å². The van der Waals surface area contributed by atoms with Crippen LogP contribution in [-0.2, 0) is 14.6 Å². The van der Waals surface area contributed by atoms with Crippen molar-refractivity contribution in [1.82, 2.24) is 15.3 Å². The van der Waals surface area contributed by atoms with Crippen LogP contribution in [0.25, 0.3) is 11.4 Å². The van der Waals surface area contributed by atoms with Crippen molar-refractivity contribution >= 4 is 27.4 Å². The number of nitrogen functional groups attached to an aromatic ring is 1. The first-order valence-electron chi connectivity index (χ1n) is 9.95. The first-order valence-corrected chi connectivity index (χ1v) is 11.4. The second kappa shape index (κ2) is 9.10. The van der Waals surface area contributed by atoms with Crippen LogP contribution in [0.5, 0.6) is 0 Å². The van der Waals surface area contributed by atoms with Gasteiger partial charge >= 0.3 is 6.03 Å². The van der Waals surface area contributed by atoms with Crippen LogP contribution >= 0.6 is 0 Å².